The van der Waals surface area contributed by atoms with Crippen molar-refractivity contribution in [1.82, 2.24) is 15.2 Å². The minimum atomic E-state index is -0.179. The lowest BCUT2D eigenvalue weighted by Crippen LogP contribution is -2.37. The molecule has 17 heavy (non-hydrogen) atoms. The lowest BCUT2D eigenvalue weighted by molar-refractivity contribution is 0.545. The number of aryl methyl sites for hydroxylation is 2. The first-order valence-corrected chi connectivity index (χ1v) is 6.68. The van der Waals surface area contributed by atoms with Gasteiger partial charge in [-0.15, -0.1) is 16.7 Å². The zero-order valence-corrected chi connectivity index (χ0v) is 11.8. The Balaban J connectivity index is 2.93. The van der Waals surface area contributed by atoms with Crippen LogP contribution in [0.1, 0.15) is 45.5 Å². The SMILES string of the molecule is CCc1nnc(NC(C)(CC)CCl)nc1CC. The first kappa shape index (κ1) is 14.2. The van der Waals surface area contributed by atoms with E-state index in [1.165, 1.54) is 0 Å². The van der Waals surface area contributed by atoms with Gasteiger partial charge in [-0.05, 0) is 26.2 Å². The second-order valence-corrected chi connectivity index (χ2v) is 4.68. The highest BCUT2D eigenvalue weighted by Crippen LogP contribution is 2.17. The molecule has 1 heterocycles. The molecule has 0 aromatic carbocycles. The monoisotopic (exact) mass is 256 g/mol. The maximum Gasteiger partial charge on any atom is 0.243 e. The third kappa shape index (κ3) is 3.53. The molecule has 0 bridgehead atoms. The van der Waals surface area contributed by atoms with Gasteiger partial charge in [0, 0.05) is 5.88 Å². The number of rotatable bonds is 6. The van der Waals surface area contributed by atoms with Crippen LogP contribution in [0, 0.1) is 0 Å². The Bertz CT molecular complexity index is 364. The Labute approximate surface area is 108 Å². The quantitative estimate of drug-likeness (QED) is 0.796. The molecular weight excluding hydrogens is 236 g/mol. The van der Waals surface area contributed by atoms with Crippen LogP contribution < -0.4 is 5.32 Å². The van der Waals surface area contributed by atoms with E-state index in [4.69, 9.17) is 11.6 Å². The van der Waals surface area contributed by atoms with Crippen molar-refractivity contribution in [1.29, 1.82) is 0 Å². The number of nitrogens with one attached hydrogen (secondary N) is 1. The van der Waals surface area contributed by atoms with E-state index < -0.39 is 0 Å². The van der Waals surface area contributed by atoms with E-state index in [2.05, 4.69) is 48.2 Å². The first-order valence-electron chi connectivity index (χ1n) is 6.15. The minimum absolute atomic E-state index is 0.179. The highest BCUT2D eigenvalue weighted by atomic mass is 35.5. The lowest BCUT2D eigenvalue weighted by Gasteiger charge is -2.26. The predicted octanol–water partition coefficient (Wildman–Crippen LogP) is 2.82. The molecule has 1 aromatic rings. The fraction of sp³-hybridized carbons (Fsp3) is 0.750. The average molecular weight is 257 g/mol. The topological polar surface area (TPSA) is 50.7 Å². The van der Waals surface area contributed by atoms with Crippen molar-refractivity contribution in [3.8, 4) is 0 Å². The molecule has 0 saturated heterocycles. The van der Waals surface area contributed by atoms with Gasteiger partial charge in [-0.25, -0.2) is 4.98 Å². The maximum absolute atomic E-state index is 5.95. The Morgan fingerprint density at radius 2 is 1.76 bits per heavy atom. The summed E-state index contributed by atoms with van der Waals surface area (Å²) in [5.74, 6) is 1.09. The summed E-state index contributed by atoms with van der Waals surface area (Å²) in [5, 5.41) is 11.6. The summed E-state index contributed by atoms with van der Waals surface area (Å²) in [5.41, 5.74) is 1.81. The third-order valence-corrected chi connectivity index (χ3v) is 3.59. The molecule has 0 spiro atoms. The molecule has 1 aromatic heterocycles. The molecule has 1 unspecified atom stereocenters. The fourth-order valence-corrected chi connectivity index (χ4v) is 1.73. The number of alkyl halides is 1. The summed E-state index contributed by atoms with van der Waals surface area (Å²) in [4.78, 5) is 4.50. The summed E-state index contributed by atoms with van der Waals surface area (Å²) < 4.78 is 0. The summed E-state index contributed by atoms with van der Waals surface area (Å²) >= 11 is 5.95. The zero-order valence-electron chi connectivity index (χ0n) is 11.0. The van der Waals surface area contributed by atoms with Crippen LogP contribution in [0.5, 0.6) is 0 Å². The number of nitrogens with zero attached hydrogens (tertiary/aromatic N) is 3. The Kier molecular flexibility index (Phi) is 5.12. The summed E-state index contributed by atoms with van der Waals surface area (Å²) in [6, 6.07) is 0. The van der Waals surface area contributed by atoms with E-state index in [-0.39, 0.29) is 5.54 Å². The number of aromatic nitrogens is 3. The van der Waals surface area contributed by atoms with Crippen LogP contribution in [-0.2, 0) is 12.8 Å². The van der Waals surface area contributed by atoms with Crippen LogP contribution in [0.2, 0.25) is 0 Å². The van der Waals surface area contributed by atoms with Crippen LogP contribution in [0.3, 0.4) is 0 Å². The van der Waals surface area contributed by atoms with Crippen molar-refractivity contribution in [3.05, 3.63) is 11.4 Å². The summed E-state index contributed by atoms with van der Waals surface area (Å²) in [7, 11) is 0. The summed E-state index contributed by atoms with van der Waals surface area (Å²) in [6.45, 7) is 8.28. The van der Waals surface area contributed by atoms with Gasteiger partial charge in [-0.1, -0.05) is 20.8 Å². The highest BCUT2D eigenvalue weighted by Gasteiger charge is 2.22. The molecule has 0 aliphatic carbocycles. The van der Waals surface area contributed by atoms with E-state index >= 15 is 0 Å². The van der Waals surface area contributed by atoms with Gasteiger partial charge in [-0.3, -0.25) is 0 Å². The standard InChI is InChI=1S/C12H21ClN4/c1-5-9-10(6-2)16-17-11(14-9)15-12(4,7-3)8-13/h5-8H2,1-4H3,(H,14,15,17). The third-order valence-electron chi connectivity index (χ3n) is 3.00. The Morgan fingerprint density at radius 3 is 2.24 bits per heavy atom. The molecule has 5 heteroatoms. The van der Waals surface area contributed by atoms with Gasteiger partial charge in [0.25, 0.3) is 0 Å². The van der Waals surface area contributed by atoms with Crippen LogP contribution in [-0.4, -0.2) is 26.6 Å². The molecule has 0 saturated carbocycles. The molecule has 0 aliphatic rings. The largest absolute Gasteiger partial charge is 0.347 e. The molecule has 96 valence electrons. The van der Waals surface area contributed by atoms with Gasteiger partial charge in [0.2, 0.25) is 5.95 Å². The van der Waals surface area contributed by atoms with Crippen molar-refractivity contribution in [2.45, 2.75) is 52.5 Å². The van der Waals surface area contributed by atoms with Gasteiger partial charge >= 0.3 is 0 Å². The van der Waals surface area contributed by atoms with Gasteiger partial charge in [-0.2, -0.15) is 5.10 Å². The maximum atomic E-state index is 5.95. The number of hydrogen-bond donors (Lipinski definition) is 1. The number of anilines is 1. The summed E-state index contributed by atoms with van der Waals surface area (Å²) in [6.07, 6.45) is 2.65. The number of halogens is 1. The molecule has 0 radical (unpaired) electrons. The van der Waals surface area contributed by atoms with Gasteiger partial charge in [0.1, 0.15) is 0 Å². The van der Waals surface area contributed by atoms with E-state index in [1.807, 2.05) is 0 Å². The lowest BCUT2D eigenvalue weighted by atomic mass is 10.0. The van der Waals surface area contributed by atoms with Crippen LogP contribution >= 0.6 is 11.6 Å². The zero-order chi connectivity index (χ0) is 12.9. The van der Waals surface area contributed by atoms with Gasteiger partial charge in [0.05, 0.1) is 16.9 Å². The molecule has 1 rings (SSSR count). The Hall–Kier alpha value is -0.900. The molecule has 1 N–H and O–H groups in total. The number of hydrogen-bond acceptors (Lipinski definition) is 4. The fourth-order valence-electron chi connectivity index (χ4n) is 1.48. The molecule has 4 nitrogen and oxygen atoms in total. The minimum Gasteiger partial charge on any atom is -0.347 e. The molecule has 1 atom stereocenters. The van der Waals surface area contributed by atoms with Crippen LogP contribution in [0.4, 0.5) is 5.95 Å². The Morgan fingerprint density at radius 1 is 1.12 bits per heavy atom. The van der Waals surface area contributed by atoms with Gasteiger partial charge < -0.3 is 5.32 Å². The van der Waals surface area contributed by atoms with E-state index in [0.29, 0.717) is 11.8 Å². The molecule has 0 aliphatic heterocycles. The first-order chi connectivity index (χ1) is 8.08. The molecule has 0 amide bonds. The van der Waals surface area contributed by atoms with Crippen molar-refractivity contribution < 1.29 is 0 Å². The molecular formula is C12H21ClN4. The smallest absolute Gasteiger partial charge is 0.243 e. The van der Waals surface area contributed by atoms with E-state index in [1.54, 1.807) is 0 Å². The van der Waals surface area contributed by atoms with Crippen molar-refractivity contribution in [3.63, 3.8) is 0 Å². The van der Waals surface area contributed by atoms with E-state index in [9.17, 15) is 0 Å². The normalized spacial score (nSPS) is 14.4. The molecule has 0 fully saturated rings. The average Bonchev–Trinajstić information content (AvgIpc) is 2.38. The highest BCUT2D eigenvalue weighted by molar-refractivity contribution is 6.18. The van der Waals surface area contributed by atoms with Crippen LogP contribution in [0.25, 0.3) is 0 Å². The van der Waals surface area contributed by atoms with Crippen molar-refractivity contribution in [2.24, 2.45) is 0 Å². The van der Waals surface area contributed by atoms with Crippen molar-refractivity contribution in [2.75, 3.05) is 11.2 Å². The predicted molar refractivity (Wildman–Crippen MR) is 71.6 cm³/mol. The second kappa shape index (κ2) is 6.15. The van der Waals surface area contributed by atoms with Crippen LogP contribution in [0.15, 0.2) is 0 Å². The van der Waals surface area contributed by atoms with Gasteiger partial charge in [0.15, 0.2) is 0 Å². The second-order valence-electron chi connectivity index (χ2n) is 4.41. The van der Waals surface area contributed by atoms with E-state index in [0.717, 1.165) is 30.7 Å². The van der Waals surface area contributed by atoms with Crippen molar-refractivity contribution >= 4 is 17.5 Å².